The van der Waals surface area contributed by atoms with E-state index in [1.165, 1.54) is 16.6 Å². The monoisotopic (exact) mass is 322 g/mol. The van der Waals surface area contributed by atoms with Crippen LogP contribution in [0.2, 0.25) is 0 Å². The van der Waals surface area contributed by atoms with Gasteiger partial charge < -0.3 is 4.90 Å². The second kappa shape index (κ2) is 6.62. The quantitative estimate of drug-likeness (QED) is 0.860. The SMILES string of the molecule is CC(Sc1n[nH]c(Cc2cccs2)n1)C(=O)N1CCCC1. The van der Waals surface area contributed by atoms with Crippen molar-refractivity contribution in [2.24, 2.45) is 0 Å². The highest BCUT2D eigenvalue weighted by atomic mass is 32.2. The van der Waals surface area contributed by atoms with E-state index in [9.17, 15) is 4.79 Å². The van der Waals surface area contributed by atoms with Gasteiger partial charge in [-0.2, -0.15) is 0 Å². The number of H-pyrrole nitrogens is 1. The number of hydrogen-bond donors (Lipinski definition) is 1. The summed E-state index contributed by atoms with van der Waals surface area (Å²) >= 11 is 3.14. The molecule has 1 N–H and O–H groups in total. The average molecular weight is 322 g/mol. The van der Waals surface area contributed by atoms with Crippen molar-refractivity contribution in [3.8, 4) is 0 Å². The van der Waals surface area contributed by atoms with Gasteiger partial charge in [0.05, 0.1) is 5.25 Å². The van der Waals surface area contributed by atoms with Crippen LogP contribution in [0.3, 0.4) is 0 Å². The second-order valence-corrected chi connectivity index (χ2v) is 7.45. The van der Waals surface area contributed by atoms with Crippen LogP contribution in [-0.4, -0.2) is 44.3 Å². The molecule has 3 heterocycles. The Morgan fingerprint density at radius 2 is 2.33 bits per heavy atom. The largest absolute Gasteiger partial charge is 0.342 e. The van der Waals surface area contributed by atoms with Crippen molar-refractivity contribution in [1.82, 2.24) is 20.1 Å². The number of thioether (sulfide) groups is 1. The summed E-state index contributed by atoms with van der Waals surface area (Å²) in [6, 6.07) is 4.11. The number of likely N-dealkylation sites (tertiary alicyclic amines) is 1. The van der Waals surface area contributed by atoms with Crippen LogP contribution in [-0.2, 0) is 11.2 Å². The fraction of sp³-hybridized carbons (Fsp3) is 0.500. The first-order chi connectivity index (χ1) is 10.2. The van der Waals surface area contributed by atoms with Crippen molar-refractivity contribution in [3.05, 3.63) is 28.2 Å². The molecule has 7 heteroatoms. The molecule has 21 heavy (non-hydrogen) atoms. The zero-order chi connectivity index (χ0) is 14.7. The summed E-state index contributed by atoms with van der Waals surface area (Å²) in [5.74, 6) is 1.04. The first-order valence-corrected chi connectivity index (χ1v) is 8.87. The van der Waals surface area contributed by atoms with Crippen LogP contribution < -0.4 is 0 Å². The molecule has 3 rings (SSSR count). The number of thiophene rings is 1. The number of carbonyl (C=O) groups excluding carboxylic acids is 1. The highest BCUT2D eigenvalue weighted by Gasteiger charge is 2.25. The summed E-state index contributed by atoms with van der Waals surface area (Å²) in [5, 5.41) is 9.74. The molecule has 1 unspecified atom stereocenters. The number of hydrogen-bond acceptors (Lipinski definition) is 5. The number of nitrogens with zero attached hydrogens (tertiary/aromatic N) is 3. The number of aromatic nitrogens is 3. The zero-order valence-corrected chi connectivity index (χ0v) is 13.5. The van der Waals surface area contributed by atoms with Crippen LogP contribution in [0.1, 0.15) is 30.5 Å². The minimum atomic E-state index is -0.131. The van der Waals surface area contributed by atoms with Crippen molar-refractivity contribution >= 4 is 29.0 Å². The molecule has 0 radical (unpaired) electrons. The van der Waals surface area contributed by atoms with E-state index in [1.54, 1.807) is 11.3 Å². The fourth-order valence-electron chi connectivity index (χ4n) is 2.39. The summed E-state index contributed by atoms with van der Waals surface area (Å²) < 4.78 is 0. The highest BCUT2D eigenvalue weighted by Crippen LogP contribution is 2.23. The van der Waals surface area contributed by atoms with Gasteiger partial charge in [-0.3, -0.25) is 9.89 Å². The first kappa shape index (κ1) is 14.6. The van der Waals surface area contributed by atoms with Crippen LogP contribution in [0.4, 0.5) is 0 Å². The number of nitrogens with one attached hydrogen (secondary N) is 1. The van der Waals surface area contributed by atoms with Crippen molar-refractivity contribution in [3.63, 3.8) is 0 Å². The smallest absolute Gasteiger partial charge is 0.235 e. The Bertz CT molecular complexity index is 590. The lowest BCUT2D eigenvalue weighted by Gasteiger charge is -2.18. The molecule has 1 aliphatic heterocycles. The van der Waals surface area contributed by atoms with Gasteiger partial charge in [0.25, 0.3) is 0 Å². The van der Waals surface area contributed by atoms with E-state index in [-0.39, 0.29) is 11.2 Å². The molecule has 1 saturated heterocycles. The second-order valence-electron chi connectivity index (χ2n) is 5.11. The third kappa shape index (κ3) is 3.65. The number of carbonyl (C=O) groups is 1. The van der Waals surface area contributed by atoms with Crippen LogP contribution in [0, 0.1) is 0 Å². The Labute approximate surface area is 132 Å². The van der Waals surface area contributed by atoms with Crippen molar-refractivity contribution < 1.29 is 4.79 Å². The molecule has 1 aliphatic rings. The number of amides is 1. The lowest BCUT2D eigenvalue weighted by atomic mass is 10.3. The molecule has 0 spiro atoms. The summed E-state index contributed by atoms with van der Waals surface area (Å²) in [7, 11) is 0. The van der Waals surface area contributed by atoms with Gasteiger partial charge in [0.1, 0.15) is 5.82 Å². The molecule has 112 valence electrons. The molecule has 0 bridgehead atoms. The van der Waals surface area contributed by atoms with Crippen molar-refractivity contribution in [1.29, 1.82) is 0 Å². The van der Waals surface area contributed by atoms with Gasteiger partial charge in [0, 0.05) is 24.4 Å². The maximum Gasteiger partial charge on any atom is 0.235 e. The Kier molecular flexibility index (Phi) is 4.60. The standard InChI is InChI=1S/C14H18N4OS2/c1-10(13(19)18-6-2-3-7-18)21-14-15-12(16-17-14)9-11-5-4-8-20-11/h4-5,8,10H,2-3,6-7,9H2,1H3,(H,15,16,17). The molecular formula is C14H18N4OS2. The maximum absolute atomic E-state index is 12.3. The Hall–Kier alpha value is -1.34. The molecule has 2 aromatic rings. The molecule has 0 saturated carbocycles. The van der Waals surface area contributed by atoms with Crippen molar-refractivity contribution in [2.45, 2.75) is 36.6 Å². The molecule has 0 aliphatic carbocycles. The van der Waals surface area contributed by atoms with E-state index in [1.807, 2.05) is 17.9 Å². The van der Waals surface area contributed by atoms with Crippen LogP contribution in [0.25, 0.3) is 0 Å². The minimum Gasteiger partial charge on any atom is -0.342 e. The number of rotatable bonds is 5. The van der Waals surface area contributed by atoms with Gasteiger partial charge in [-0.05, 0) is 31.2 Å². The first-order valence-electron chi connectivity index (χ1n) is 7.11. The zero-order valence-electron chi connectivity index (χ0n) is 11.9. The minimum absolute atomic E-state index is 0.131. The Morgan fingerprint density at radius 1 is 1.52 bits per heavy atom. The van der Waals surface area contributed by atoms with Crippen LogP contribution >= 0.6 is 23.1 Å². The van der Waals surface area contributed by atoms with Gasteiger partial charge in [-0.1, -0.05) is 17.8 Å². The van der Waals surface area contributed by atoms with Gasteiger partial charge >= 0.3 is 0 Å². The summed E-state index contributed by atoms with van der Waals surface area (Å²) in [6.45, 7) is 3.71. The molecular weight excluding hydrogens is 304 g/mol. The molecule has 1 amide bonds. The average Bonchev–Trinajstić information content (AvgIpc) is 3.20. The fourth-order valence-corrected chi connectivity index (χ4v) is 3.93. The molecule has 5 nitrogen and oxygen atoms in total. The number of aromatic amines is 1. The Morgan fingerprint density at radius 3 is 3.05 bits per heavy atom. The summed E-state index contributed by atoms with van der Waals surface area (Å²) in [5.41, 5.74) is 0. The normalized spacial score (nSPS) is 16.3. The molecule has 0 aromatic carbocycles. The molecule has 2 aromatic heterocycles. The topological polar surface area (TPSA) is 61.9 Å². The lowest BCUT2D eigenvalue weighted by Crippen LogP contribution is -2.34. The van der Waals surface area contributed by atoms with E-state index in [2.05, 4.69) is 26.6 Å². The predicted octanol–water partition coefficient (Wildman–Crippen LogP) is 2.56. The third-order valence-corrected chi connectivity index (χ3v) is 5.31. The predicted molar refractivity (Wildman–Crippen MR) is 84.6 cm³/mol. The van der Waals surface area contributed by atoms with E-state index in [0.29, 0.717) is 5.16 Å². The summed E-state index contributed by atoms with van der Waals surface area (Å²) in [4.78, 5) is 19.9. The lowest BCUT2D eigenvalue weighted by molar-refractivity contribution is -0.129. The van der Waals surface area contributed by atoms with Gasteiger partial charge in [-0.25, -0.2) is 4.98 Å². The summed E-state index contributed by atoms with van der Waals surface area (Å²) in [6.07, 6.45) is 3.00. The van der Waals surface area contributed by atoms with E-state index >= 15 is 0 Å². The van der Waals surface area contributed by atoms with Crippen molar-refractivity contribution in [2.75, 3.05) is 13.1 Å². The molecule has 1 fully saturated rings. The van der Waals surface area contributed by atoms with Crippen LogP contribution in [0.5, 0.6) is 0 Å². The highest BCUT2D eigenvalue weighted by molar-refractivity contribution is 8.00. The maximum atomic E-state index is 12.3. The van der Waals surface area contributed by atoms with E-state index in [4.69, 9.17) is 0 Å². The third-order valence-electron chi connectivity index (χ3n) is 3.48. The van der Waals surface area contributed by atoms with E-state index in [0.717, 1.165) is 38.2 Å². The van der Waals surface area contributed by atoms with Gasteiger partial charge in [-0.15, -0.1) is 16.4 Å². The van der Waals surface area contributed by atoms with Gasteiger partial charge in [0.15, 0.2) is 0 Å². The van der Waals surface area contributed by atoms with Crippen LogP contribution in [0.15, 0.2) is 22.7 Å². The van der Waals surface area contributed by atoms with E-state index < -0.39 is 0 Å². The Balaban J connectivity index is 1.57. The van der Waals surface area contributed by atoms with Gasteiger partial charge in [0.2, 0.25) is 11.1 Å². The molecule has 1 atom stereocenters.